The van der Waals surface area contributed by atoms with E-state index >= 15 is 0 Å². The number of piperidine rings is 1. The molecule has 1 aromatic rings. The van der Waals surface area contributed by atoms with Crippen LogP contribution in [0.25, 0.3) is 0 Å². The Hall–Kier alpha value is -1.89. The smallest absolute Gasteiger partial charge is 0.271 e. The molecule has 22 heavy (non-hydrogen) atoms. The Morgan fingerprint density at radius 3 is 2.64 bits per heavy atom. The van der Waals surface area contributed by atoms with Crippen molar-refractivity contribution >= 4 is 11.8 Å². The monoisotopic (exact) mass is 305 g/mol. The number of carbonyl (C=O) groups is 2. The first kappa shape index (κ1) is 15.0. The standard InChI is InChI=1S/C15H23N5O2/c1-3-19-9-8-18(2)15(14(19)22)4-6-20(7-5-15)13(21)12-10-16-11-17-12/h10-11H,3-9H2,1-2H3,(H,16,17). The fraction of sp³-hybridized carbons (Fsp3) is 0.667. The molecule has 2 saturated heterocycles. The molecule has 3 heterocycles. The number of hydrogen-bond acceptors (Lipinski definition) is 4. The van der Waals surface area contributed by atoms with Gasteiger partial charge in [-0.1, -0.05) is 0 Å². The van der Waals surface area contributed by atoms with Gasteiger partial charge in [-0.3, -0.25) is 14.5 Å². The van der Waals surface area contributed by atoms with Crippen LogP contribution in [0.15, 0.2) is 12.5 Å². The van der Waals surface area contributed by atoms with E-state index in [2.05, 4.69) is 14.9 Å². The van der Waals surface area contributed by atoms with Gasteiger partial charge in [0.05, 0.1) is 12.5 Å². The van der Waals surface area contributed by atoms with E-state index in [1.807, 2.05) is 23.8 Å². The number of hydrogen-bond donors (Lipinski definition) is 1. The van der Waals surface area contributed by atoms with Gasteiger partial charge in [-0.15, -0.1) is 0 Å². The van der Waals surface area contributed by atoms with Gasteiger partial charge < -0.3 is 14.8 Å². The van der Waals surface area contributed by atoms with E-state index in [9.17, 15) is 9.59 Å². The molecule has 2 aliphatic heterocycles. The van der Waals surface area contributed by atoms with Crippen LogP contribution >= 0.6 is 0 Å². The molecule has 3 rings (SSSR count). The average molecular weight is 305 g/mol. The molecule has 0 radical (unpaired) electrons. The number of aromatic amines is 1. The van der Waals surface area contributed by atoms with Gasteiger partial charge in [-0.2, -0.15) is 0 Å². The molecule has 0 bridgehead atoms. The molecule has 0 aliphatic carbocycles. The van der Waals surface area contributed by atoms with Crippen molar-refractivity contribution in [3.05, 3.63) is 18.2 Å². The lowest BCUT2D eigenvalue weighted by molar-refractivity contribution is -0.153. The van der Waals surface area contributed by atoms with Crippen molar-refractivity contribution in [3.63, 3.8) is 0 Å². The van der Waals surface area contributed by atoms with Crippen LogP contribution in [0.4, 0.5) is 0 Å². The number of carbonyl (C=O) groups excluding carboxylic acids is 2. The van der Waals surface area contributed by atoms with Gasteiger partial charge in [0.2, 0.25) is 5.91 Å². The van der Waals surface area contributed by atoms with Crippen LogP contribution in [0.3, 0.4) is 0 Å². The van der Waals surface area contributed by atoms with E-state index in [0.717, 1.165) is 19.6 Å². The molecule has 120 valence electrons. The van der Waals surface area contributed by atoms with Gasteiger partial charge in [0.25, 0.3) is 5.91 Å². The van der Waals surface area contributed by atoms with Gasteiger partial charge >= 0.3 is 0 Å². The summed E-state index contributed by atoms with van der Waals surface area (Å²) in [6.07, 6.45) is 4.44. The van der Waals surface area contributed by atoms with Crippen molar-refractivity contribution in [1.29, 1.82) is 0 Å². The number of likely N-dealkylation sites (tertiary alicyclic amines) is 1. The Kier molecular flexibility index (Phi) is 3.90. The van der Waals surface area contributed by atoms with Crippen LogP contribution in [-0.4, -0.2) is 81.8 Å². The van der Waals surface area contributed by atoms with Gasteiger partial charge in [-0.05, 0) is 26.8 Å². The summed E-state index contributed by atoms with van der Waals surface area (Å²) in [6.45, 7) is 5.68. The van der Waals surface area contributed by atoms with E-state index in [0.29, 0.717) is 31.6 Å². The summed E-state index contributed by atoms with van der Waals surface area (Å²) in [5.41, 5.74) is 0.0772. The zero-order valence-corrected chi connectivity index (χ0v) is 13.2. The summed E-state index contributed by atoms with van der Waals surface area (Å²) < 4.78 is 0. The van der Waals surface area contributed by atoms with Crippen LogP contribution in [-0.2, 0) is 4.79 Å². The maximum Gasteiger partial charge on any atom is 0.271 e. The zero-order valence-electron chi connectivity index (χ0n) is 13.2. The lowest BCUT2D eigenvalue weighted by atomic mass is 9.82. The van der Waals surface area contributed by atoms with Crippen molar-refractivity contribution in [1.82, 2.24) is 24.7 Å². The Labute approximate surface area is 130 Å². The number of aromatic nitrogens is 2. The number of nitrogens with one attached hydrogen (secondary N) is 1. The summed E-state index contributed by atoms with van der Waals surface area (Å²) in [5, 5.41) is 0. The highest BCUT2D eigenvalue weighted by Crippen LogP contribution is 2.33. The number of imidazole rings is 1. The Balaban J connectivity index is 1.72. The van der Waals surface area contributed by atoms with Crippen LogP contribution in [0.2, 0.25) is 0 Å². The van der Waals surface area contributed by atoms with Crippen LogP contribution in [0, 0.1) is 0 Å². The molecule has 0 aromatic carbocycles. The molecule has 1 aromatic heterocycles. The Morgan fingerprint density at radius 1 is 1.32 bits per heavy atom. The number of amides is 2. The summed E-state index contributed by atoms with van der Waals surface area (Å²) in [7, 11) is 2.03. The lowest BCUT2D eigenvalue weighted by Crippen LogP contribution is -2.67. The number of nitrogens with zero attached hydrogens (tertiary/aromatic N) is 4. The van der Waals surface area contributed by atoms with Gasteiger partial charge in [-0.25, -0.2) is 4.98 Å². The van der Waals surface area contributed by atoms with Gasteiger partial charge in [0, 0.05) is 32.7 Å². The third-order valence-corrected chi connectivity index (χ3v) is 5.11. The number of piperazine rings is 1. The molecular weight excluding hydrogens is 282 g/mol. The van der Waals surface area contributed by atoms with E-state index in [4.69, 9.17) is 0 Å². The first-order valence-electron chi connectivity index (χ1n) is 7.87. The van der Waals surface area contributed by atoms with E-state index in [-0.39, 0.29) is 11.8 Å². The highest BCUT2D eigenvalue weighted by atomic mass is 16.2. The van der Waals surface area contributed by atoms with Crippen molar-refractivity contribution in [3.8, 4) is 0 Å². The molecule has 0 unspecified atom stereocenters. The minimum absolute atomic E-state index is 0.0365. The molecule has 1 spiro atoms. The maximum atomic E-state index is 12.8. The van der Waals surface area contributed by atoms with Crippen molar-refractivity contribution < 1.29 is 9.59 Å². The average Bonchev–Trinajstić information content (AvgIpc) is 3.07. The fourth-order valence-electron chi connectivity index (χ4n) is 3.56. The summed E-state index contributed by atoms with van der Waals surface area (Å²) >= 11 is 0. The van der Waals surface area contributed by atoms with Gasteiger partial charge in [0.1, 0.15) is 11.2 Å². The second-order valence-electron chi connectivity index (χ2n) is 6.10. The lowest BCUT2D eigenvalue weighted by Gasteiger charge is -2.51. The summed E-state index contributed by atoms with van der Waals surface area (Å²) in [6, 6.07) is 0. The quantitative estimate of drug-likeness (QED) is 0.846. The minimum Gasteiger partial charge on any atom is -0.341 e. The normalized spacial score (nSPS) is 22.4. The topological polar surface area (TPSA) is 72.5 Å². The second-order valence-corrected chi connectivity index (χ2v) is 6.10. The molecule has 0 atom stereocenters. The van der Waals surface area contributed by atoms with E-state index < -0.39 is 5.54 Å². The highest BCUT2D eigenvalue weighted by molar-refractivity contribution is 5.93. The Morgan fingerprint density at radius 2 is 2.05 bits per heavy atom. The van der Waals surface area contributed by atoms with Crippen LogP contribution in [0.1, 0.15) is 30.3 Å². The molecule has 1 N–H and O–H groups in total. The predicted molar refractivity (Wildman–Crippen MR) is 81.3 cm³/mol. The van der Waals surface area contributed by atoms with Crippen molar-refractivity contribution in [2.75, 3.05) is 39.8 Å². The third-order valence-electron chi connectivity index (χ3n) is 5.11. The largest absolute Gasteiger partial charge is 0.341 e. The fourth-order valence-corrected chi connectivity index (χ4v) is 3.56. The summed E-state index contributed by atoms with van der Waals surface area (Å²) in [5.74, 6) is 0.183. The van der Waals surface area contributed by atoms with Gasteiger partial charge in [0.15, 0.2) is 0 Å². The highest BCUT2D eigenvalue weighted by Gasteiger charge is 2.49. The first-order valence-corrected chi connectivity index (χ1v) is 7.87. The number of likely N-dealkylation sites (N-methyl/N-ethyl adjacent to an activating group) is 2. The van der Waals surface area contributed by atoms with Crippen molar-refractivity contribution in [2.45, 2.75) is 25.3 Å². The third kappa shape index (κ3) is 2.29. The van der Waals surface area contributed by atoms with E-state index in [1.165, 1.54) is 6.33 Å². The predicted octanol–water partition coefficient (Wildman–Crippen LogP) is 0.178. The minimum atomic E-state index is -0.432. The molecule has 2 fully saturated rings. The first-order chi connectivity index (χ1) is 10.6. The second kappa shape index (κ2) is 5.72. The van der Waals surface area contributed by atoms with Crippen LogP contribution in [0.5, 0.6) is 0 Å². The molecule has 7 nitrogen and oxygen atoms in total. The zero-order chi connectivity index (χ0) is 15.7. The molecule has 0 saturated carbocycles. The number of rotatable bonds is 2. The molecular formula is C15H23N5O2. The summed E-state index contributed by atoms with van der Waals surface area (Å²) in [4.78, 5) is 37.8. The van der Waals surface area contributed by atoms with Crippen LogP contribution < -0.4 is 0 Å². The molecule has 2 aliphatic rings. The van der Waals surface area contributed by atoms with Crippen molar-refractivity contribution in [2.24, 2.45) is 0 Å². The molecule has 2 amide bonds. The SMILES string of the molecule is CCN1CCN(C)C2(CCN(C(=O)c3cnc[nH]3)CC2)C1=O. The molecule has 7 heteroatoms. The maximum absolute atomic E-state index is 12.8. The Bertz CT molecular complexity index is 548. The number of H-pyrrole nitrogens is 1. The van der Waals surface area contributed by atoms with E-state index in [1.54, 1.807) is 6.20 Å².